The van der Waals surface area contributed by atoms with Crippen LogP contribution in [0.25, 0.3) is 0 Å². The van der Waals surface area contributed by atoms with Gasteiger partial charge in [-0.15, -0.1) is 0 Å². The molecule has 7 nitrogen and oxygen atoms in total. The summed E-state index contributed by atoms with van der Waals surface area (Å²) in [6, 6.07) is 3.58. The molecule has 0 bridgehead atoms. The summed E-state index contributed by atoms with van der Waals surface area (Å²) < 4.78 is 26.6. The molecule has 0 heterocycles. The van der Waals surface area contributed by atoms with Crippen molar-refractivity contribution in [2.24, 2.45) is 0 Å². The minimum Gasteiger partial charge on any atom is -0.389 e. The first-order valence-electron chi connectivity index (χ1n) is 6.21. The van der Waals surface area contributed by atoms with E-state index < -0.39 is 20.5 Å². The van der Waals surface area contributed by atoms with Gasteiger partial charge in [-0.2, -0.15) is 0 Å². The van der Waals surface area contributed by atoms with E-state index in [1.54, 1.807) is 0 Å². The molecule has 1 fully saturated rings. The normalized spacial score (nSPS) is 17.5. The number of hydrogen-bond acceptors (Lipinski definition) is 5. The third-order valence-electron chi connectivity index (χ3n) is 3.53. The molecule has 1 aliphatic rings. The maximum absolute atomic E-state index is 12.1. The topological polar surface area (TPSA) is 110 Å². The molecular formula is C12H16N2O5S. The second-order valence-electron chi connectivity index (χ2n) is 5.11. The van der Waals surface area contributed by atoms with Crippen molar-refractivity contribution in [3.05, 3.63) is 33.9 Å². The molecular weight excluding hydrogens is 284 g/mol. The molecule has 2 N–H and O–H groups in total. The fraction of sp³-hybridized carbons (Fsp3) is 0.500. The van der Waals surface area contributed by atoms with Crippen molar-refractivity contribution >= 4 is 15.7 Å². The number of non-ortho nitro benzene ring substituents is 1. The molecule has 8 heteroatoms. The second kappa shape index (κ2) is 5.12. The Labute approximate surface area is 116 Å². The minimum absolute atomic E-state index is 0.00831. The Balaban J connectivity index is 2.18. The molecule has 110 valence electrons. The number of aliphatic hydroxyl groups is 1. The molecule has 0 radical (unpaired) electrons. The number of nitrogens with one attached hydrogen (secondary N) is 1. The summed E-state index contributed by atoms with van der Waals surface area (Å²) in [7, 11) is -3.78. The van der Waals surface area contributed by atoms with Crippen LogP contribution in [0.2, 0.25) is 0 Å². The third kappa shape index (κ3) is 2.97. The van der Waals surface area contributed by atoms with E-state index in [1.165, 1.54) is 19.1 Å². The third-order valence-corrected chi connectivity index (χ3v) is 5.10. The molecule has 1 aromatic rings. The Morgan fingerprint density at radius 1 is 1.45 bits per heavy atom. The maximum atomic E-state index is 12.1. The van der Waals surface area contributed by atoms with E-state index in [2.05, 4.69) is 4.72 Å². The van der Waals surface area contributed by atoms with Gasteiger partial charge in [0.1, 0.15) is 0 Å². The van der Waals surface area contributed by atoms with Gasteiger partial charge in [-0.05, 0) is 37.8 Å². The lowest BCUT2D eigenvalue weighted by Crippen LogP contribution is -2.47. The highest BCUT2D eigenvalue weighted by Gasteiger charge is 2.35. The zero-order valence-electron chi connectivity index (χ0n) is 11.0. The lowest BCUT2D eigenvalue weighted by Gasteiger charge is -2.36. The largest absolute Gasteiger partial charge is 0.389 e. The molecule has 1 aliphatic carbocycles. The van der Waals surface area contributed by atoms with Gasteiger partial charge in [-0.1, -0.05) is 0 Å². The molecule has 1 aromatic carbocycles. The van der Waals surface area contributed by atoms with Crippen LogP contribution in [-0.2, 0) is 10.0 Å². The first-order valence-corrected chi connectivity index (χ1v) is 7.69. The fourth-order valence-electron chi connectivity index (χ4n) is 2.12. The summed E-state index contributed by atoms with van der Waals surface area (Å²) in [5.41, 5.74) is -0.812. The van der Waals surface area contributed by atoms with Crippen LogP contribution < -0.4 is 4.72 Å². The van der Waals surface area contributed by atoms with Crippen molar-refractivity contribution in [1.29, 1.82) is 0 Å². The van der Waals surface area contributed by atoms with Crippen molar-refractivity contribution < 1.29 is 18.4 Å². The van der Waals surface area contributed by atoms with Gasteiger partial charge >= 0.3 is 0 Å². The Morgan fingerprint density at radius 3 is 2.55 bits per heavy atom. The molecule has 0 aliphatic heterocycles. The number of nitrogens with zero attached hydrogens (tertiary/aromatic N) is 1. The molecule has 0 amide bonds. The van der Waals surface area contributed by atoms with Gasteiger partial charge in [-0.3, -0.25) is 10.1 Å². The highest BCUT2D eigenvalue weighted by Crippen LogP contribution is 2.31. The standard InChI is InChI=1S/C12H16N2O5S/c1-9-7-10(14(16)17)3-4-11(9)20(18,19)13-8-12(15)5-2-6-12/h3-4,7,13,15H,2,5-6,8H2,1H3. The molecule has 2 rings (SSSR count). The van der Waals surface area contributed by atoms with Gasteiger partial charge in [0.05, 0.1) is 15.4 Å². The number of rotatable bonds is 5. The maximum Gasteiger partial charge on any atom is 0.269 e. The Morgan fingerprint density at radius 2 is 2.10 bits per heavy atom. The van der Waals surface area contributed by atoms with Gasteiger partial charge in [0.2, 0.25) is 10.0 Å². The fourth-order valence-corrected chi connectivity index (χ4v) is 3.46. The highest BCUT2D eigenvalue weighted by atomic mass is 32.2. The van der Waals surface area contributed by atoms with Crippen LogP contribution in [0.5, 0.6) is 0 Å². The molecule has 0 unspecified atom stereocenters. The van der Waals surface area contributed by atoms with E-state index in [-0.39, 0.29) is 17.1 Å². The van der Waals surface area contributed by atoms with Gasteiger partial charge in [0, 0.05) is 18.7 Å². The smallest absolute Gasteiger partial charge is 0.269 e. The van der Waals surface area contributed by atoms with Crippen molar-refractivity contribution in [1.82, 2.24) is 4.72 Å². The van der Waals surface area contributed by atoms with Crippen LogP contribution >= 0.6 is 0 Å². The average Bonchev–Trinajstić information content (AvgIpc) is 2.33. The predicted octanol–water partition coefficient (Wildman–Crippen LogP) is 1.10. The number of nitro benzene ring substituents is 1. The Bertz CT molecular complexity index is 637. The number of aryl methyl sites for hydroxylation is 1. The van der Waals surface area contributed by atoms with E-state index >= 15 is 0 Å². The molecule has 0 aromatic heterocycles. The van der Waals surface area contributed by atoms with Crippen molar-refractivity contribution in [2.45, 2.75) is 36.7 Å². The van der Waals surface area contributed by atoms with Crippen LogP contribution in [0.4, 0.5) is 5.69 Å². The van der Waals surface area contributed by atoms with Gasteiger partial charge in [-0.25, -0.2) is 13.1 Å². The summed E-state index contributed by atoms with van der Waals surface area (Å²) in [6.07, 6.45) is 2.04. The number of benzene rings is 1. The van der Waals surface area contributed by atoms with Crippen molar-refractivity contribution in [2.75, 3.05) is 6.54 Å². The summed E-state index contributed by atoms with van der Waals surface area (Å²) in [5.74, 6) is 0. The first kappa shape index (κ1) is 14.9. The molecule has 0 spiro atoms. The second-order valence-corrected chi connectivity index (χ2v) is 6.84. The van der Waals surface area contributed by atoms with Crippen LogP contribution in [-0.4, -0.2) is 30.6 Å². The average molecular weight is 300 g/mol. The molecule has 1 saturated carbocycles. The van der Waals surface area contributed by atoms with Crippen molar-refractivity contribution in [3.8, 4) is 0 Å². The van der Waals surface area contributed by atoms with Crippen molar-refractivity contribution in [3.63, 3.8) is 0 Å². The monoisotopic (exact) mass is 300 g/mol. The lowest BCUT2D eigenvalue weighted by molar-refractivity contribution is -0.385. The zero-order valence-corrected chi connectivity index (χ0v) is 11.8. The van der Waals surface area contributed by atoms with Crippen LogP contribution in [0.1, 0.15) is 24.8 Å². The van der Waals surface area contributed by atoms with E-state index in [9.17, 15) is 23.6 Å². The summed E-state index contributed by atoms with van der Waals surface area (Å²) in [5, 5.41) is 20.5. The van der Waals surface area contributed by atoms with Crippen LogP contribution in [0.3, 0.4) is 0 Å². The summed E-state index contributed by atoms with van der Waals surface area (Å²) >= 11 is 0. The molecule has 20 heavy (non-hydrogen) atoms. The lowest BCUT2D eigenvalue weighted by atomic mass is 9.81. The summed E-state index contributed by atoms with van der Waals surface area (Å²) in [4.78, 5) is 10.0. The zero-order chi connectivity index (χ0) is 15.0. The van der Waals surface area contributed by atoms with Gasteiger partial charge in [0.25, 0.3) is 5.69 Å². The van der Waals surface area contributed by atoms with E-state index in [0.29, 0.717) is 18.4 Å². The van der Waals surface area contributed by atoms with Crippen LogP contribution in [0, 0.1) is 17.0 Å². The minimum atomic E-state index is -3.78. The number of sulfonamides is 1. The Kier molecular flexibility index (Phi) is 3.81. The predicted molar refractivity (Wildman–Crippen MR) is 71.8 cm³/mol. The first-order chi connectivity index (χ1) is 9.23. The number of nitro groups is 1. The van der Waals surface area contributed by atoms with Crippen LogP contribution in [0.15, 0.2) is 23.1 Å². The quantitative estimate of drug-likeness (QED) is 0.625. The van der Waals surface area contributed by atoms with E-state index in [4.69, 9.17) is 0 Å². The molecule has 0 saturated heterocycles. The van der Waals surface area contributed by atoms with Gasteiger partial charge < -0.3 is 5.11 Å². The van der Waals surface area contributed by atoms with E-state index in [0.717, 1.165) is 12.5 Å². The Hall–Kier alpha value is -1.51. The SMILES string of the molecule is Cc1cc([N+](=O)[O-])ccc1S(=O)(=O)NCC1(O)CCC1. The highest BCUT2D eigenvalue weighted by molar-refractivity contribution is 7.89. The summed E-state index contributed by atoms with van der Waals surface area (Å²) in [6.45, 7) is 1.46. The van der Waals surface area contributed by atoms with E-state index in [1.807, 2.05) is 0 Å². The molecule has 0 atom stereocenters. The van der Waals surface area contributed by atoms with Gasteiger partial charge in [0.15, 0.2) is 0 Å². The number of hydrogen-bond donors (Lipinski definition) is 2.